The van der Waals surface area contributed by atoms with Crippen molar-refractivity contribution in [3.8, 4) is 0 Å². The van der Waals surface area contributed by atoms with E-state index < -0.39 is 24.0 Å². The van der Waals surface area contributed by atoms with Crippen LogP contribution in [0, 0.1) is 6.92 Å². The van der Waals surface area contributed by atoms with Gasteiger partial charge in [-0.15, -0.1) is 0 Å². The molecule has 0 aliphatic rings. The first-order chi connectivity index (χ1) is 9.75. The lowest BCUT2D eigenvalue weighted by Gasteiger charge is -2.30. The van der Waals surface area contributed by atoms with Gasteiger partial charge >= 0.3 is 12.1 Å². The number of esters is 1. The van der Waals surface area contributed by atoms with Crippen LogP contribution < -0.4 is 5.73 Å². The summed E-state index contributed by atoms with van der Waals surface area (Å²) in [5.41, 5.74) is 6.07. The van der Waals surface area contributed by atoms with Crippen molar-refractivity contribution in [1.82, 2.24) is 0 Å². The predicted octanol–water partition coefficient (Wildman–Crippen LogP) is 3.10. The predicted molar refractivity (Wildman–Crippen MR) is 73.8 cm³/mol. The van der Waals surface area contributed by atoms with Gasteiger partial charge < -0.3 is 10.5 Å². The molecule has 1 atom stereocenters. The Balaban J connectivity index is 3.04. The fourth-order valence-electron chi connectivity index (χ4n) is 2.33. The maximum atomic E-state index is 12.3. The third kappa shape index (κ3) is 4.46. The molecule has 0 spiro atoms. The van der Waals surface area contributed by atoms with Gasteiger partial charge in [0, 0.05) is 13.0 Å². The minimum Gasteiger partial charge on any atom is -0.468 e. The Hall–Kier alpha value is -1.56. The topological polar surface area (TPSA) is 52.3 Å². The number of nitrogens with two attached hydrogens (primary N) is 1. The van der Waals surface area contributed by atoms with Crippen LogP contribution in [0.25, 0.3) is 0 Å². The fourth-order valence-corrected chi connectivity index (χ4v) is 2.33. The van der Waals surface area contributed by atoms with Gasteiger partial charge in [0.1, 0.15) is 5.41 Å². The van der Waals surface area contributed by atoms with E-state index in [0.717, 1.165) is 5.56 Å². The Morgan fingerprint density at radius 3 is 2.19 bits per heavy atom. The van der Waals surface area contributed by atoms with Crippen LogP contribution in [0.4, 0.5) is 13.2 Å². The van der Waals surface area contributed by atoms with Crippen LogP contribution in [-0.4, -0.2) is 25.8 Å². The van der Waals surface area contributed by atoms with Gasteiger partial charge in [0.25, 0.3) is 0 Å². The second-order valence-electron chi connectivity index (χ2n) is 5.11. The normalized spacial score (nSPS) is 14.6. The molecule has 0 heterocycles. The summed E-state index contributed by atoms with van der Waals surface area (Å²) in [7, 11) is 1.21. The van der Waals surface area contributed by atoms with Gasteiger partial charge in [-0.25, -0.2) is 0 Å². The van der Waals surface area contributed by atoms with Crippen LogP contribution in [-0.2, 0) is 14.9 Å². The van der Waals surface area contributed by atoms with Crippen LogP contribution in [0.15, 0.2) is 24.3 Å². The first-order valence-electron chi connectivity index (χ1n) is 6.67. The van der Waals surface area contributed by atoms with Crippen molar-refractivity contribution in [3.05, 3.63) is 35.4 Å². The third-order valence-corrected chi connectivity index (χ3v) is 3.59. The van der Waals surface area contributed by atoms with E-state index in [-0.39, 0.29) is 19.4 Å². The summed E-state index contributed by atoms with van der Waals surface area (Å²) < 4.78 is 41.8. The molecule has 0 saturated carbocycles. The number of ether oxygens (including phenoxy) is 1. The van der Waals surface area contributed by atoms with Crippen LogP contribution in [0.2, 0.25) is 0 Å². The lowest BCUT2D eigenvalue weighted by Crippen LogP contribution is -2.44. The standard InChI is InChI=1S/C15H20F3NO2/c1-11-4-6-12(7-5-11)14(10-19,13(20)21-2)8-3-9-15(16,17)18/h4-7H,3,8-10,19H2,1-2H3. The van der Waals surface area contributed by atoms with E-state index in [1.54, 1.807) is 24.3 Å². The minimum absolute atomic E-state index is 0.00125. The number of halogens is 3. The first kappa shape index (κ1) is 17.5. The van der Waals surface area contributed by atoms with Gasteiger partial charge in [-0.1, -0.05) is 29.8 Å². The molecule has 0 aliphatic carbocycles. The number of hydrogen-bond acceptors (Lipinski definition) is 3. The summed E-state index contributed by atoms with van der Waals surface area (Å²) in [6.07, 6.45) is -5.37. The van der Waals surface area contributed by atoms with Crippen molar-refractivity contribution in [2.24, 2.45) is 5.73 Å². The second-order valence-corrected chi connectivity index (χ2v) is 5.11. The molecule has 0 aliphatic heterocycles. The molecule has 6 heteroatoms. The van der Waals surface area contributed by atoms with Gasteiger partial charge in [-0.05, 0) is 25.3 Å². The van der Waals surface area contributed by atoms with Crippen LogP contribution in [0.3, 0.4) is 0 Å². The minimum atomic E-state index is -4.25. The van der Waals surface area contributed by atoms with Gasteiger partial charge in [0.05, 0.1) is 7.11 Å². The van der Waals surface area contributed by atoms with Crippen molar-refractivity contribution >= 4 is 5.97 Å². The molecular formula is C15H20F3NO2. The number of carbonyl (C=O) groups excluding carboxylic acids is 1. The van der Waals surface area contributed by atoms with Gasteiger partial charge in [-0.3, -0.25) is 4.79 Å². The number of carbonyl (C=O) groups is 1. The van der Waals surface area contributed by atoms with Crippen LogP contribution in [0.5, 0.6) is 0 Å². The lowest BCUT2D eigenvalue weighted by molar-refractivity contribution is -0.150. The molecule has 3 nitrogen and oxygen atoms in total. The van der Waals surface area contributed by atoms with E-state index in [1.807, 2.05) is 6.92 Å². The highest BCUT2D eigenvalue weighted by atomic mass is 19.4. The van der Waals surface area contributed by atoms with Crippen molar-refractivity contribution in [2.75, 3.05) is 13.7 Å². The van der Waals surface area contributed by atoms with Crippen molar-refractivity contribution in [3.63, 3.8) is 0 Å². The molecule has 1 unspecified atom stereocenters. The molecule has 0 radical (unpaired) electrons. The van der Waals surface area contributed by atoms with E-state index in [1.165, 1.54) is 7.11 Å². The van der Waals surface area contributed by atoms with Crippen molar-refractivity contribution in [2.45, 2.75) is 37.8 Å². The van der Waals surface area contributed by atoms with Crippen molar-refractivity contribution < 1.29 is 22.7 Å². The lowest BCUT2D eigenvalue weighted by atomic mass is 9.76. The molecule has 0 aromatic heterocycles. The SMILES string of the molecule is COC(=O)C(CN)(CCCC(F)(F)F)c1ccc(C)cc1. The Morgan fingerprint density at radius 1 is 1.19 bits per heavy atom. The molecule has 1 aromatic rings. The molecule has 2 N–H and O–H groups in total. The molecule has 0 fully saturated rings. The molecule has 118 valence electrons. The quantitative estimate of drug-likeness (QED) is 0.822. The highest BCUT2D eigenvalue weighted by molar-refractivity contribution is 5.83. The second kappa shape index (κ2) is 6.93. The molecule has 0 amide bonds. The summed E-state index contributed by atoms with van der Waals surface area (Å²) in [6, 6.07) is 7.03. The number of rotatable bonds is 6. The third-order valence-electron chi connectivity index (χ3n) is 3.59. The van der Waals surface area contributed by atoms with E-state index >= 15 is 0 Å². The zero-order chi connectivity index (χ0) is 16.1. The van der Waals surface area contributed by atoms with Gasteiger partial charge in [0.2, 0.25) is 0 Å². The number of hydrogen-bond donors (Lipinski definition) is 1. The zero-order valence-electron chi connectivity index (χ0n) is 12.2. The first-order valence-corrected chi connectivity index (χ1v) is 6.67. The summed E-state index contributed by atoms with van der Waals surface area (Å²) in [5.74, 6) is -0.601. The molecule has 1 aromatic carbocycles. The smallest absolute Gasteiger partial charge is 0.389 e. The summed E-state index contributed by atoms with van der Waals surface area (Å²) in [4.78, 5) is 12.1. The molecule has 0 bridgehead atoms. The monoisotopic (exact) mass is 303 g/mol. The number of aryl methyl sites for hydroxylation is 1. The van der Waals surface area contributed by atoms with Crippen molar-refractivity contribution in [1.29, 1.82) is 0 Å². The van der Waals surface area contributed by atoms with Crippen LogP contribution in [0.1, 0.15) is 30.4 Å². The molecule has 21 heavy (non-hydrogen) atoms. The Bertz CT molecular complexity index is 471. The number of benzene rings is 1. The molecule has 1 rings (SSSR count). The summed E-state index contributed by atoms with van der Waals surface area (Å²) in [6.45, 7) is 1.79. The molecular weight excluding hydrogens is 283 g/mol. The van der Waals surface area contributed by atoms with Crippen LogP contribution >= 0.6 is 0 Å². The molecule has 0 saturated heterocycles. The Morgan fingerprint density at radius 2 is 1.76 bits per heavy atom. The Kier molecular flexibility index (Phi) is 5.78. The fraction of sp³-hybridized carbons (Fsp3) is 0.533. The number of alkyl halides is 3. The van der Waals surface area contributed by atoms with Gasteiger partial charge in [0.15, 0.2) is 0 Å². The maximum Gasteiger partial charge on any atom is 0.389 e. The highest BCUT2D eigenvalue weighted by Gasteiger charge is 2.41. The highest BCUT2D eigenvalue weighted by Crippen LogP contribution is 2.33. The largest absolute Gasteiger partial charge is 0.468 e. The van der Waals surface area contributed by atoms with E-state index in [0.29, 0.717) is 5.56 Å². The summed E-state index contributed by atoms with van der Waals surface area (Å²) >= 11 is 0. The average Bonchev–Trinajstić information content (AvgIpc) is 2.43. The maximum absolute atomic E-state index is 12.3. The van der Waals surface area contributed by atoms with E-state index in [2.05, 4.69) is 0 Å². The Labute approximate surface area is 122 Å². The average molecular weight is 303 g/mol. The van der Waals surface area contributed by atoms with E-state index in [9.17, 15) is 18.0 Å². The van der Waals surface area contributed by atoms with E-state index in [4.69, 9.17) is 10.5 Å². The number of methoxy groups -OCH3 is 1. The summed E-state index contributed by atoms with van der Waals surface area (Å²) in [5, 5.41) is 0. The van der Waals surface area contributed by atoms with Gasteiger partial charge in [-0.2, -0.15) is 13.2 Å². The zero-order valence-corrected chi connectivity index (χ0v) is 12.2.